The molecular formula is C25H18F2N2O2. The van der Waals surface area contributed by atoms with Crippen molar-refractivity contribution in [3.63, 3.8) is 0 Å². The molecule has 3 aromatic carbocycles. The number of ketones is 1. The molecule has 1 heterocycles. The molecule has 154 valence electrons. The zero-order valence-corrected chi connectivity index (χ0v) is 16.4. The second-order valence-corrected chi connectivity index (χ2v) is 6.81. The molecule has 1 aromatic heterocycles. The van der Waals surface area contributed by atoms with Gasteiger partial charge in [-0.05, 0) is 66.2 Å². The Balaban J connectivity index is 1.36. The Hall–Kier alpha value is -4.06. The summed E-state index contributed by atoms with van der Waals surface area (Å²) in [7, 11) is 0. The molecule has 0 unspecified atom stereocenters. The molecule has 0 spiro atoms. The summed E-state index contributed by atoms with van der Waals surface area (Å²) >= 11 is 0. The smallest absolute Gasteiger partial charge is 0.185 e. The lowest BCUT2D eigenvalue weighted by atomic mass is 10.1. The average Bonchev–Trinajstić information content (AvgIpc) is 3.34. The van der Waals surface area contributed by atoms with Crippen LogP contribution in [0.15, 0.2) is 91.5 Å². The summed E-state index contributed by atoms with van der Waals surface area (Å²) in [4.78, 5) is 16.4. The number of hydrogen-bond donors (Lipinski definition) is 0. The van der Waals surface area contributed by atoms with Gasteiger partial charge in [0.1, 0.15) is 24.0 Å². The minimum Gasteiger partial charge on any atom is -0.489 e. The second kappa shape index (κ2) is 9.17. The highest BCUT2D eigenvalue weighted by Crippen LogP contribution is 2.17. The molecular weight excluding hydrogens is 398 g/mol. The van der Waals surface area contributed by atoms with E-state index in [9.17, 15) is 13.6 Å². The van der Waals surface area contributed by atoms with Crippen molar-refractivity contribution in [2.24, 2.45) is 0 Å². The summed E-state index contributed by atoms with van der Waals surface area (Å²) in [5.74, 6) is -0.625. The summed E-state index contributed by atoms with van der Waals surface area (Å²) in [5, 5.41) is 0. The molecule has 0 aliphatic carbocycles. The summed E-state index contributed by atoms with van der Waals surface area (Å²) < 4.78 is 34.2. The van der Waals surface area contributed by atoms with Crippen LogP contribution in [0.3, 0.4) is 0 Å². The highest BCUT2D eigenvalue weighted by molar-refractivity contribution is 6.06. The normalized spacial score (nSPS) is 11.0. The minimum atomic E-state index is -0.516. The van der Waals surface area contributed by atoms with Crippen molar-refractivity contribution in [2.75, 3.05) is 0 Å². The molecule has 6 heteroatoms. The van der Waals surface area contributed by atoms with Crippen LogP contribution < -0.4 is 4.74 Å². The number of carbonyl (C=O) groups is 1. The summed E-state index contributed by atoms with van der Waals surface area (Å²) in [5.41, 5.74) is 2.46. The first-order valence-corrected chi connectivity index (χ1v) is 9.56. The van der Waals surface area contributed by atoms with E-state index in [1.165, 1.54) is 6.08 Å². The lowest BCUT2D eigenvalue weighted by molar-refractivity contribution is 0.104. The predicted octanol–water partition coefficient (Wildman–Crippen LogP) is 5.63. The summed E-state index contributed by atoms with van der Waals surface area (Å²) in [6.07, 6.45) is 8.43. The van der Waals surface area contributed by atoms with E-state index in [0.717, 1.165) is 29.4 Å². The van der Waals surface area contributed by atoms with Gasteiger partial charge in [-0.25, -0.2) is 13.8 Å². The monoisotopic (exact) mass is 416 g/mol. The quantitative estimate of drug-likeness (QED) is 0.290. The fourth-order valence-electron chi connectivity index (χ4n) is 2.97. The van der Waals surface area contributed by atoms with Crippen LogP contribution >= 0.6 is 0 Å². The minimum absolute atomic E-state index is 0.0770. The molecule has 4 nitrogen and oxygen atoms in total. The van der Waals surface area contributed by atoms with Gasteiger partial charge >= 0.3 is 0 Å². The van der Waals surface area contributed by atoms with Crippen molar-refractivity contribution in [1.82, 2.24) is 9.55 Å². The highest BCUT2D eigenvalue weighted by Gasteiger charge is 2.05. The molecule has 0 radical (unpaired) electrons. The number of nitrogens with zero attached hydrogens (tertiary/aromatic N) is 2. The zero-order chi connectivity index (χ0) is 21.6. The maximum atomic E-state index is 13.7. The number of hydrogen-bond acceptors (Lipinski definition) is 3. The number of halogens is 2. The Morgan fingerprint density at radius 2 is 1.77 bits per heavy atom. The van der Waals surface area contributed by atoms with Gasteiger partial charge in [0.05, 0.1) is 6.33 Å². The van der Waals surface area contributed by atoms with Crippen LogP contribution in [0.5, 0.6) is 5.75 Å². The number of benzene rings is 3. The van der Waals surface area contributed by atoms with E-state index < -0.39 is 11.6 Å². The van der Waals surface area contributed by atoms with Gasteiger partial charge in [0, 0.05) is 29.2 Å². The first kappa shape index (κ1) is 20.2. The third-order valence-electron chi connectivity index (χ3n) is 4.66. The Kier molecular flexibility index (Phi) is 5.98. The van der Waals surface area contributed by atoms with E-state index in [-0.39, 0.29) is 18.0 Å². The molecule has 0 bridgehead atoms. The number of ether oxygens (including phenoxy) is 1. The number of imidazole rings is 1. The molecule has 0 atom stereocenters. The van der Waals surface area contributed by atoms with Crippen LogP contribution in [0.4, 0.5) is 8.78 Å². The van der Waals surface area contributed by atoms with Crippen LogP contribution in [0, 0.1) is 11.6 Å². The van der Waals surface area contributed by atoms with Gasteiger partial charge in [0.25, 0.3) is 0 Å². The van der Waals surface area contributed by atoms with Crippen molar-refractivity contribution in [3.8, 4) is 11.4 Å². The first-order chi connectivity index (χ1) is 15.1. The van der Waals surface area contributed by atoms with E-state index >= 15 is 0 Å². The maximum absolute atomic E-state index is 13.7. The third-order valence-corrected chi connectivity index (χ3v) is 4.66. The van der Waals surface area contributed by atoms with E-state index in [4.69, 9.17) is 4.74 Å². The Morgan fingerprint density at radius 3 is 2.48 bits per heavy atom. The van der Waals surface area contributed by atoms with Gasteiger partial charge in [0.2, 0.25) is 0 Å². The molecule has 0 N–H and O–H groups in total. The highest BCUT2D eigenvalue weighted by atomic mass is 19.1. The number of allylic oxidation sites excluding steroid dienone is 1. The van der Waals surface area contributed by atoms with Crippen LogP contribution in [-0.2, 0) is 6.61 Å². The molecule has 0 amide bonds. The first-order valence-electron chi connectivity index (χ1n) is 9.56. The fourth-order valence-corrected chi connectivity index (χ4v) is 2.97. The summed E-state index contributed by atoms with van der Waals surface area (Å²) in [6, 6.07) is 17.5. The third kappa shape index (κ3) is 5.11. The van der Waals surface area contributed by atoms with Crippen LogP contribution in [0.25, 0.3) is 11.8 Å². The van der Waals surface area contributed by atoms with Crippen LogP contribution in [0.1, 0.15) is 21.5 Å². The van der Waals surface area contributed by atoms with Crippen molar-refractivity contribution >= 4 is 11.9 Å². The molecule has 31 heavy (non-hydrogen) atoms. The average molecular weight is 416 g/mol. The maximum Gasteiger partial charge on any atom is 0.185 e. The molecule has 4 rings (SSSR count). The lowest BCUT2D eigenvalue weighted by Crippen LogP contribution is -1.99. The molecule has 0 aliphatic heterocycles. The largest absolute Gasteiger partial charge is 0.489 e. The molecule has 4 aromatic rings. The van der Waals surface area contributed by atoms with E-state index in [1.54, 1.807) is 55.0 Å². The fraction of sp³-hybridized carbons (Fsp3) is 0.0400. The van der Waals surface area contributed by atoms with Gasteiger partial charge < -0.3 is 9.30 Å². The zero-order valence-electron chi connectivity index (χ0n) is 16.4. The topological polar surface area (TPSA) is 44.1 Å². The van der Waals surface area contributed by atoms with Gasteiger partial charge in [0.15, 0.2) is 5.78 Å². The predicted molar refractivity (Wildman–Crippen MR) is 114 cm³/mol. The number of rotatable bonds is 7. The SMILES string of the molecule is O=C(/C=C/c1ccc(OCc2cc(F)ccc2F)cc1)c1ccc(-n2ccnc2)cc1. The molecule has 0 fully saturated rings. The lowest BCUT2D eigenvalue weighted by Gasteiger charge is -2.07. The van der Waals surface area contributed by atoms with E-state index in [2.05, 4.69) is 4.98 Å². The molecule has 0 saturated carbocycles. The van der Waals surface area contributed by atoms with Gasteiger partial charge in [-0.1, -0.05) is 18.2 Å². The number of aromatic nitrogens is 2. The van der Waals surface area contributed by atoms with Gasteiger partial charge in [-0.15, -0.1) is 0 Å². The summed E-state index contributed by atoms with van der Waals surface area (Å²) in [6.45, 7) is -0.0770. The van der Waals surface area contributed by atoms with Gasteiger partial charge in [-0.2, -0.15) is 0 Å². The van der Waals surface area contributed by atoms with E-state index in [0.29, 0.717) is 11.3 Å². The number of carbonyl (C=O) groups excluding carboxylic acids is 1. The van der Waals surface area contributed by atoms with Crippen LogP contribution in [-0.4, -0.2) is 15.3 Å². The van der Waals surface area contributed by atoms with Crippen molar-refractivity contribution in [1.29, 1.82) is 0 Å². The van der Waals surface area contributed by atoms with Crippen molar-refractivity contribution in [2.45, 2.75) is 6.61 Å². The van der Waals surface area contributed by atoms with Crippen LogP contribution in [0.2, 0.25) is 0 Å². The Bertz CT molecular complexity index is 1200. The van der Waals surface area contributed by atoms with Crippen molar-refractivity contribution in [3.05, 3.63) is 120 Å². The Morgan fingerprint density at radius 1 is 1.00 bits per heavy atom. The second-order valence-electron chi connectivity index (χ2n) is 6.81. The van der Waals surface area contributed by atoms with E-state index in [1.807, 2.05) is 22.9 Å². The molecule has 0 saturated heterocycles. The van der Waals surface area contributed by atoms with Gasteiger partial charge in [-0.3, -0.25) is 4.79 Å². The standard InChI is InChI=1S/C25H18F2N2O2/c26-21-6-11-24(27)20(15-21)16-31-23-9-1-18(2-10-23)3-12-25(30)19-4-7-22(8-5-19)29-14-13-28-17-29/h1-15,17H,16H2/b12-3+. The molecule has 0 aliphatic rings. The Labute approximate surface area is 178 Å². The van der Waals surface area contributed by atoms with Crippen molar-refractivity contribution < 1.29 is 18.3 Å².